The van der Waals surface area contributed by atoms with E-state index in [0.29, 0.717) is 22.1 Å². The van der Waals surface area contributed by atoms with E-state index in [1.807, 2.05) is 71.7 Å². The van der Waals surface area contributed by atoms with Crippen molar-refractivity contribution in [3.05, 3.63) is 89.2 Å². The first-order valence-electron chi connectivity index (χ1n) is 10.4. The number of anilines is 1. The molecule has 2 aromatic carbocycles. The Hall–Kier alpha value is -3.91. The summed E-state index contributed by atoms with van der Waals surface area (Å²) in [5.41, 5.74) is 3.43. The summed E-state index contributed by atoms with van der Waals surface area (Å²) in [7, 11) is 1.64. The fraction of sp³-hybridized carbons (Fsp3) is 0.160. The molecular formula is C25H21N3O4S. The summed E-state index contributed by atoms with van der Waals surface area (Å²) >= 11 is 1.35. The van der Waals surface area contributed by atoms with Gasteiger partial charge in [0.25, 0.3) is 0 Å². The Morgan fingerprint density at radius 1 is 1.12 bits per heavy atom. The van der Waals surface area contributed by atoms with Gasteiger partial charge in [0.1, 0.15) is 17.6 Å². The minimum Gasteiger partial charge on any atom is -0.497 e. The van der Waals surface area contributed by atoms with Gasteiger partial charge in [0.2, 0.25) is 5.13 Å². The summed E-state index contributed by atoms with van der Waals surface area (Å²) in [6.07, 6.45) is 2.18. The van der Waals surface area contributed by atoms with Gasteiger partial charge in [-0.2, -0.15) is 5.10 Å². The fourth-order valence-corrected chi connectivity index (χ4v) is 4.94. The van der Waals surface area contributed by atoms with Crippen molar-refractivity contribution in [1.82, 2.24) is 4.98 Å². The highest BCUT2D eigenvalue weighted by molar-refractivity contribution is 7.16. The second-order valence-electron chi connectivity index (χ2n) is 7.56. The molecular weight excluding hydrogens is 438 g/mol. The van der Waals surface area contributed by atoms with E-state index < -0.39 is 5.97 Å². The number of nitrogens with zero attached hydrogens (tertiary/aromatic N) is 3. The van der Waals surface area contributed by atoms with Crippen LogP contribution in [0, 0.1) is 0 Å². The molecule has 0 radical (unpaired) electrons. The van der Waals surface area contributed by atoms with Crippen molar-refractivity contribution in [2.24, 2.45) is 5.10 Å². The lowest BCUT2D eigenvalue weighted by Crippen LogP contribution is -2.17. The molecule has 0 spiro atoms. The number of ether oxygens (including phenoxy) is 1. The second kappa shape index (κ2) is 8.91. The molecule has 7 nitrogen and oxygen atoms in total. The minimum absolute atomic E-state index is 0.101. The monoisotopic (exact) mass is 459 g/mol. The Morgan fingerprint density at radius 3 is 2.58 bits per heavy atom. The Balaban J connectivity index is 1.57. The largest absolute Gasteiger partial charge is 0.497 e. The highest BCUT2D eigenvalue weighted by Gasteiger charge is 2.34. The number of rotatable bonds is 7. The normalized spacial score (nSPS) is 15.5. The maximum absolute atomic E-state index is 11.5. The summed E-state index contributed by atoms with van der Waals surface area (Å²) in [4.78, 5) is 17.1. The molecule has 33 heavy (non-hydrogen) atoms. The zero-order valence-corrected chi connectivity index (χ0v) is 18.7. The molecule has 5 rings (SSSR count). The topological polar surface area (TPSA) is 88.2 Å². The Bertz CT molecular complexity index is 1280. The molecule has 0 amide bonds. The van der Waals surface area contributed by atoms with E-state index in [2.05, 4.69) is 0 Å². The average molecular weight is 460 g/mol. The van der Waals surface area contributed by atoms with Crippen molar-refractivity contribution in [2.45, 2.75) is 18.9 Å². The number of hydrogen-bond donors (Lipinski definition) is 1. The number of furan rings is 1. The van der Waals surface area contributed by atoms with E-state index in [4.69, 9.17) is 19.2 Å². The summed E-state index contributed by atoms with van der Waals surface area (Å²) in [5, 5.41) is 16.8. The van der Waals surface area contributed by atoms with Gasteiger partial charge in [-0.3, -0.25) is 4.79 Å². The van der Waals surface area contributed by atoms with Crippen LogP contribution in [-0.4, -0.2) is 28.9 Å². The lowest BCUT2D eigenvalue weighted by atomic mass is 10.0. The molecule has 4 aromatic rings. The van der Waals surface area contributed by atoms with Crippen LogP contribution in [-0.2, 0) is 11.2 Å². The number of aliphatic carboxylic acids is 1. The van der Waals surface area contributed by atoms with Crippen molar-refractivity contribution in [2.75, 3.05) is 12.1 Å². The van der Waals surface area contributed by atoms with Gasteiger partial charge < -0.3 is 14.3 Å². The molecule has 3 heterocycles. The molecule has 1 N–H and O–H groups in total. The van der Waals surface area contributed by atoms with Gasteiger partial charge >= 0.3 is 5.97 Å². The van der Waals surface area contributed by atoms with E-state index >= 15 is 0 Å². The van der Waals surface area contributed by atoms with E-state index in [-0.39, 0.29) is 12.5 Å². The predicted octanol–water partition coefficient (Wildman–Crippen LogP) is 5.39. The van der Waals surface area contributed by atoms with E-state index in [1.54, 1.807) is 13.4 Å². The number of carboxylic acid groups (broad SMARTS) is 1. The van der Waals surface area contributed by atoms with Crippen LogP contribution >= 0.6 is 11.3 Å². The molecule has 1 atom stereocenters. The highest BCUT2D eigenvalue weighted by atomic mass is 32.1. The van der Waals surface area contributed by atoms with Crippen molar-refractivity contribution in [1.29, 1.82) is 0 Å². The molecule has 8 heteroatoms. The van der Waals surface area contributed by atoms with Gasteiger partial charge in [-0.15, -0.1) is 0 Å². The van der Waals surface area contributed by atoms with Gasteiger partial charge in [0.15, 0.2) is 0 Å². The van der Waals surface area contributed by atoms with Crippen LogP contribution in [0.4, 0.5) is 5.13 Å². The summed E-state index contributed by atoms with van der Waals surface area (Å²) < 4.78 is 11.0. The summed E-state index contributed by atoms with van der Waals surface area (Å²) in [6, 6.07) is 21.0. The van der Waals surface area contributed by atoms with Crippen LogP contribution in [0.1, 0.15) is 28.7 Å². The molecule has 0 bridgehead atoms. The number of thiazole rings is 1. The number of hydrogen-bond acceptors (Lipinski definition) is 7. The zero-order chi connectivity index (χ0) is 22.8. The lowest BCUT2D eigenvalue weighted by molar-refractivity contribution is -0.136. The van der Waals surface area contributed by atoms with Crippen molar-refractivity contribution in [3.63, 3.8) is 0 Å². The van der Waals surface area contributed by atoms with E-state index in [9.17, 15) is 9.90 Å². The SMILES string of the molecule is COc1ccc(C2=NN(c3nc(-c4ccccc4)c(CC(=O)O)s3)[C@H](c3ccco3)C2)cc1. The number of methoxy groups -OCH3 is 1. The number of benzene rings is 2. The molecule has 0 unspecified atom stereocenters. The molecule has 0 aliphatic carbocycles. The zero-order valence-electron chi connectivity index (χ0n) is 17.8. The smallest absolute Gasteiger partial charge is 0.308 e. The molecule has 0 saturated carbocycles. The maximum Gasteiger partial charge on any atom is 0.308 e. The summed E-state index contributed by atoms with van der Waals surface area (Å²) in [5.74, 6) is 0.662. The van der Waals surface area contributed by atoms with E-state index in [0.717, 1.165) is 28.3 Å². The third-order valence-electron chi connectivity index (χ3n) is 5.45. The third-order valence-corrected chi connectivity index (χ3v) is 6.49. The van der Waals surface area contributed by atoms with Crippen LogP contribution in [0.3, 0.4) is 0 Å². The first-order chi connectivity index (χ1) is 16.1. The molecule has 0 fully saturated rings. The highest BCUT2D eigenvalue weighted by Crippen LogP contribution is 2.41. The molecule has 2 aromatic heterocycles. The Kier molecular flexibility index (Phi) is 5.66. The number of carboxylic acids is 1. The average Bonchev–Trinajstić information content (AvgIpc) is 3.58. The van der Waals surface area contributed by atoms with Crippen LogP contribution in [0.15, 0.2) is 82.5 Å². The second-order valence-corrected chi connectivity index (χ2v) is 8.62. The molecule has 0 saturated heterocycles. The van der Waals surface area contributed by atoms with Gasteiger partial charge in [-0.25, -0.2) is 9.99 Å². The lowest BCUT2D eigenvalue weighted by Gasteiger charge is -2.18. The van der Waals surface area contributed by atoms with Crippen LogP contribution < -0.4 is 9.75 Å². The van der Waals surface area contributed by atoms with Gasteiger partial charge in [0.05, 0.1) is 31.2 Å². The van der Waals surface area contributed by atoms with E-state index in [1.165, 1.54) is 11.3 Å². The van der Waals surface area contributed by atoms with Crippen molar-refractivity contribution < 1.29 is 19.1 Å². The maximum atomic E-state index is 11.5. The quantitative estimate of drug-likeness (QED) is 0.398. The van der Waals surface area contributed by atoms with Crippen LogP contribution in [0.25, 0.3) is 11.3 Å². The Labute approximate surface area is 194 Å². The molecule has 166 valence electrons. The minimum atomic E-state index is -0.895. The van der Waals surface area contributed by atoms with Gasteiger partial charge in [-0.05, 0) is 42.0 Å². The first kappa shape index (κ1) is 21.0. The fourth-order valence-electron chi connectivity index (χ4n) is 3.86. The number of hydrazone groups is 1. The van der Waals surface area contributed by atoms with Gasteiger partial charge in [0, 0.05) is 16.9 Å². The molecule has 1 aliphatic heterocycles. The standard InChI is InChI=1S/C25H21N3O4S/c1-31-18-11-9-16(10-12-18)19-14-20(21-8-5-13-32-21)28(27-19)25-26-24(17-6-3-2-4-7-17)22(33-25)15-23(29)30/h2-13,20H,14-15H2,1H3,(H,29,30)/t20-/m0/s1. The van der Waals surface area contributed by atoms with Crippen LogP contribution in [0.5, 0.6) is 5.75 Å². The van der Waals surface area contributed by atoms with Gasteiger partial charge in [-0.1, -0.05) is 41.7 Å². The van der Waals surface area contributed by atoms with Crippen molar-refractivity contribution >= 4 is 28.1 Å². The predicted molar refractivity (Wildman–Crippen MR) is 127 cm³/mol. The van der Waals surface area contributed by atoms with Crippen LogP contribution in [0.2, 0.25) is 0 Å². The Morgan fingerprint density at radius 2 is 1.91 bits per heavy atom. The number of carbonyl (C=O) groups is 1. The van der Waals surface area contributed by atoms with Crippen molar-refractivity contribution in [3.8, 4) is 17.0 Å². The number of aromatic nitrogens is 1. The third kappa shape index (κ3) is 4.25. The first-order valence-corrected chi connectivity index (χ1v) is 11.3. The molecule has 1 aliphatic rings. The summed E-state index contributed by atoms with van der Waals surface area (Å²) in [6.45, 7) is 0.